The molecular weight excluding hydrogens is 390 g/mol. The molecule has 7 nitrogen and oxygen atoms in total. The van der Waals surface area contributed by atoms with Gasteiger partial charge in [-0.1, -0.05) is 13.8 Å². The SMILES string of the molecule is COCCOC(=O)c1sc2ncnc(Nc3ccc(OCC(C)C)cc3)c2c1C. The van der Waals surface area contributed by atoms with Gasteiger partial charge in [-0.05, 0) is 42.7 Å². The highest BCUT2D eigenvalue weighted by atomic mass is 32.1. The Morgan fingerprint density at radius 3 is 2.62 bits per heavy atom. The summed E-state index contributed by atoms with van der Waals surface area (Å²) in [6.45, 7) is 7.35. The van der Waals surface area contributed by atoms with E-state index in [-0.39, 0.29) is 12.6 Å². The number of anilines is 2. The molecule has 0 unspecified atom stereocenters. The first-order chi connectivity index (χ1) is 14.0. The summed E-state index contributed by atoms with van der Waals surface area (Å²) in [4.78, 5) is 22.3. The Balaban J connectivity index is 1.80. The molecule has 29 heavy (non-hydrogen) atoms. The third-order valence-electron chi connectivity index (χ3n) is 4.13. The number of thiophene rings is 1. The van der Waals surface area contributed by atoms with E-state index < -0.39 is 0 Å². The van der Waals surface area contributed by atoms with E-state index in [1.54, 1.807) is 7.11 Å². The van der Waals surface area contributed by atoms with Crippen molar-refractivity contribution in [2.24, 2.45) is 5.92 Å². The van der Waals surface area contributed by atoms with Gasteiger partial charge in [0, 0.05) is 12.8 Å². The van der Waals surface area contributed by atoms with Gasteiger partial charge in [-0.15, -0.1) is 11.3 Å². The first kappa shape index (κ1) is 21.0. The van der Waals surface area contributed by atoms with E-state index in [0.29, 0.717) is 29.8 Å². The number of methoxy groups -OCH3 is 1. The number of aryl methyl sites for hydroxylation is 1. The monoisotopic (exact) mass is 415 g/mol. The molecule has 0 bridgehead atoms. The summed E-state index contributed by atoms with van der Waals surface area (Å²) in [5.74, 6) is 1.57. The van der Waals surface area contributed by atoms with Crippen LogP contribution >= 0.6 is 11.3 Å². The Labute approximate surface area is 174 Å². The lowest BCUT2D eigenvalue weighted by Crippen LogP contribution is -2.09. The molecule has 0 atom stereocenters. The van der Waals surface area contributed by atoms with Gasteiger partial charge in [0.05, 0.1) is 18.6 Å². The number of carbonyl (C=O) groups is 1. The van der Waals surface area contributed by atoms with Crippen LogP contribution in [0.2, 0.25) is 0 Å². The van der Waals surface area contributed by atoms with Gasteiger partial charge < -0.3 is 19.5 Å². The maximum Gasteiger partial charge on any atom is 0.348 e. The number of ether oxygens (including phenoxy) is 3. The van der Waals surface area contributed by atoms with Crippen LogP contribution in [0.4, 0.5) is 11.5 Å². The Bertz CT molecular complexity index is 970. The van der Waals surface area contributed by atoms with Crippen molar-refractivity contribution in [1.82, 2.24) is 9.97 Å². The van der Waals surface area contributed by atoms with Gasteiger partial charge in [0.25, 0.3) is 0 Å². The fraction of sp³-hybridized carbons (Fsp3) is 0.381. The van der Waals surface area contributed by atoms with E-state index in [1.807, 2.05) is 31.2 Å². The van der Waals surface area contributed by atoms with Gasteiger partial charge in [-0.25, -0.2) is 14.8 Å². The molecule has 2 heterocycles. The number of nitrogens with one attached hydrogen (secondary N) is 1. The number of aromatic nitrogens is 2. The predicted octanol–water partition coefficient (Wildman–Crippen LogP) is 4.58. The zero-order valence-corrected chi connectivity index (χ0v) is 17.8. The highest BCUT2D eigenvalue weighted by Crippen LogP contribution is 2.35. The summed E-state index contributed by atoms with van der Waals surface area (Å²) >= 11 is 1.30. The van der Waals surface area contributed by atoms with E-state index in [4.69, 9.17) is 14.2 Å². The van der Waals surface area contributed by atoms with Gasteiger partial charge in [-0.2, -0.15) is 0 Å². The van der Waals surface area contributed by atoms with Crippen molar-refractivity contribution in [2.75, 3.05) is 32.2 Å². The zero-order valence-electron chi connectivity index (χ0n) is 17.0. The molecule has 0 amide bonds. The van der Waals surface area contributed by atoms with Crippen LogP contribution in [0.3, 0.4) is 0 Å². The molecule has 0 aliphatic carbocycles. The van der Waals surface area contributed by atoms with E-state index in [0.717, 1.165) is 27.2 Å². The standard InChI is InChI=1S/C21H25N3O4S/c1-13(2)11-28-16-7-5-15(6-8-16)24-19-17-14(3)18(21(25)27-10-9-26-4)29-20(17)23-12-22-19/h5-8,12-13H,9-11H2,1-4H3,(H,22,23,24). The van der Waals surface area contributed by atoms with Crippen molar-refractivity contribution in [1.29, 1.82) is 0 Å². The second kappa shape index (κ2) is 9.67. The summed E-state index contributed by atoms with van der Waals surface area (Å²) in [6.07, 6.45) is 1.49. The Hall–Kier alpha value is -2.71. The third-order valence-corrected chi connectivity index (χ3v) is 5.31. The largest absolute Gasteiger partial charge is 0.493 e. The molecule has 0 aliphatic heterocycles. The lowest BCUT2D eigenvalue weighted by atomic mass is 10.2. The van der Waals surface area contributed by atoms with Crippen LogP contribution in [0, 0.1) is 12.8 Å². The van der Waals surface area contributed by atoms with E-state index in [2.05, 4.69) is 29.1 Å². The van der Waals surface area contributed by atoms with Crippen LogP contribution in [0.25, 0.3) is 10.2 Å². The molecule has 2 aromatic heterocycles. The van der Waals surface area contributed by atoms with Crippen LogP contribution in [0.15, 0.2) is 30.6 Å². The van der Waals surface area contributed by atoms with E-state index in [1.165, 1.54) is 17.7 Å². The number of hydrogen-bond donors (Lipinski definition) is 1. The highest BCUT2D eigenvalue weighted by Gasteiger charge is 2.20. The summed E-state index contributed by atoms with van der Waals surface area (Å²) in [5, 5.41) is 4.13. The number of rotatable bonds is 9. The minimum absolute atomic E-state index is 0.213. The van der Waals surface area contributed by atoms with Gasteiger partial charge >= 0.3 is 5.97 Å². The lowest BCUT2D eigenvalue weighted by molar-refractivity contribution is 0.0393. The molecule has 1 aromatic carbocycles. The zero-order chi connectivity index (χ0) is 20.8. The topological polar surface area (TPSA) is 82.6 Å². The quantitative estimate of drug-likeness (QED) is 0.404. The molecule has 0 spiro atoms. The number of fused-ring (bicyclic) bond motifs is 1. The molecule has 0 fully saturated rings. The average molecular weight is 416 g/mol. The van der Waals surface area contributed by atoms with Crippen LogP contribution in [-0.2, 0) is 9.47 Å². The first-order valence-corrected chi connectivity index (χ1v) is 10.2. The van der Waals surface area contributed by atoms with Gasteiger partial charge in [-0.3, -0.25) is 0 Å². The van der Waals surface area contributed by atoms with Gasteiger partial charge in [0.2, 0.25) is 0 Å². The van der Waals surface area contributed by atoms with Crippen LogP contribution < -0.4 is 10.1 Å². The van der Waals surface area contributed by atoms with Gasteiger partial charge in [0.15, 0.2) is 0 Å². The van der Waals surface area contributed by atoms with E-state index >= 15 is 0 Å². The number of carbonyl (C=O) groups excluding carboxylic acids is 1. The van der Waals surface area contributed by atoms with Crippen molar-refractivity contribution in [3.63, 3.8) is 0 Å². The summed E-state index contributed by atoms with van der Waals surface area (Å²) in [5.41, 5.74) is 1.67. The summed E-state index contributed by atoms with van der Waals surface area (Å²) in [7, 11) is 1.56. The Kier molecular flexibility index (Phi) is 7.00. The highest BCUT2D eigenvalue weighted by molar-refractivity contribution is 7.20. The number of nitrogens with zero attached hydrogens (tertiary/aromatic N) is 2. The number of benzene rings is 1. The molecule has 8 heteroatoms. The van der Waals surface area contributed by atoms with E-state index in [9.17, 15) is 4.79 Å². The van der Waals surface area contributed by atoms with Crippen LogP contribution in [-0.4, -0.2) is 42.9 Å². The molecule has 3 rings (SSSR count). The van der Waals surface area contributed by atoms with Crippen LogP contribution in [0.1, 0.15) is 29.1 Å². The average Bonchev–Trinajstić information content (AvgIpc) is 3.05. The molecule has 0 saturated heterocycles. The second-order valence-corrected chi connectivity index (χ2v) is 7.94. The molecule has 3 aromatic rings. The fourth-order valence-electron chi connectivity index (χ4n) is 2.68. The van der Waals surface area contributed by atoms with Crippen molar-refractivity contribution in [2.45, 2.75) is 20.8 Å². The fourth-order valence-corrected chi connectivity index (χ4v) is 3.72. The molecular formula is C21H25N3O4S. The predicted molar refractivity (Wildman–Crippen MR) is 114 cm³/mol. The first-order valence-electron chi connectivity index (χ1n) is 9.39. The maximum atomic E-state index is 12.4. The van der Waals surface area contributed by atoms with Crippen molar-refractivity contribution >= 4 is 39.0 Å². The lowest BCUT2D eigenvalue weighted by Gasteiger charge is -2.10. The maximum absolute atomic E-state index is 12.4. The Morgan fingerprint density at radius 2 is 1.93 bits per heavy atom. The third kappa shape index (κ3) is 5.21. The smallest absolute Gasteiger partial charge is 0.348 e. The molecule has 0 saturated carbocycles. The number of hydrogen-bond acceptors (Lipinski definition) is 8. The van der Waals surface area contributed by atoms with Crippen molar-refractivity contribution in [3.8, 4) is 5.75 Å². The summed E-state index contributed by atoms with van der Waals surface area (Å²) in [6, 6.07) is 7.71. The van der Waals surface area contributed by atoms with Gasteiger partial charge in [0.1, 0.15) is 34.2 Å². The molecule has 154 valence electrons. The molecule has 0 radical (unpaired) electrons. The van der Waals surface area contributed by atoms with Crippen LogP contribution in [0.5, 0.6) is 5.75 Å². The normalized spacial score (nSPS) is 11.1. The van der Waals surface area contributed by atoms with Crippen molar-refractivity contribution < 1.29 is 19.0 Å². The molecule has 0 aliphatic rings. The Morgan fingerprint density at radius 1 is 1.17 bits per heavy atom. The minimum Gasteiger partial charge on any atom is -0.493 e. The summed E-state index contributed by atoms with van der Waals surface area (Å²) < 4.78 is 15.9. The second-order valence-electron chi connectivity index (χ2n) is 6.94. The van der Waals surface area contributed by atoms with Crippen molar-refractivity contribution in [3.05, 3.63) is 41.0 Å². The molecule has 1 N–H and O–H groups in total. The number of esters is 1. The minimum atomic E-state index is -0.375.